The second-order valence-corrected chi connectivity index (χ2v) is 10.2. The molecule has 1 aliphatic rings. The van der Waals surface area contributed by atoms with Gasteiger partial charge in [-0.3, -0.25) is 14.5 Å². The van der Waals surface area contributed by atoms with Crippen molar-refractivity contribution in [2.24, 2.45) is 5.92 Å². The second-order valence-electron chi connectivity index (χ2n) is 8.55. The summed E-state index contributed by atoms with van der Waals surface area (Å²) >= 11 is 0. The molecule has 1 amide bonds. The highest BCUT2D eigenvalue weighted by molar-refractivity contribution is 7.93. The van der Waals surface area contributed by atoms with E-state index in [4.69, 9.17) is 4.74 Å². The average Bonchev–Trinajstić information content (AvgIpc) is 3.72. The van der Waals surface area contributed by atoms with Gasteiger partial charge in [0.05, 0.1) is 29.9 Å². The highest BCUT2D eigenvalue weighted by Crippen LogP contribution is 2.41. The first-order chi connectivity index (χ1) is 17.0. The molecule has 7 nitrogen and oxygen atoms in total. The topological polar surface area (TPSA) is 97.4 Å². The first-order valence-corrected chi connectivity index (χ1v) is 12.8. The van der Waals surface area contributed by atoms with Gasteiger partial charge in [-0.05, 0) is 54.7 Å². The van der Waals surface area contributed by atoms with Gasteiger partial charge < -0.3 is 10.1 Å². The molecule has 5 rings (SSSR count). The quantitative estimate of drug-likeness (QED) is 0.356. The predicted octanol–water partition coefficient (Wildman–Crippen LogP) is 5.17. The minimum Gasteiger partial charge on any atom is -0.497 e. The van der Waals surface area contributed by atoms with Gasteiger partial charge in [-0.15, -0.1) is 0 Å². The number of nitrogens with one attached hydrogen (secondary N) is 2. The first-order valence-electron chi connectivity index (χ1n) is 11.4. The smallest absolute Gasteiger partial charge is 0.264 e. The summed E-state index contributed by atoms with van der Waals surface area (Å²) in [6.45, 7) is 0. The number of pyridine rings is 1. The van der Waals surface area contributed by atoms with Gasteiger partial charge in [0.2, 0.25) is 0 Å². The third kappa shape index (κ3) is 4.83. The van der Waals surface area contributed by atoms with E-state index in [2.05, 4.69) is 15.0 Å². The summed E-state index contributed by atoms with van der Waals surface area (Å²) < 4.78 is 34.7. The molecule has 180 valence electrons. The molecular formula is C27H27N3O4S. The van der Waals surface area contributed by atoms with Crippen LogP contribution in [-0.4, -0.2) is 26.4 Å². The number of aromatic nitrogens is 1. The maximum atomic E-state index is 13.5. The average molecular weight is 490 g/mol. The Balaban J connectivity index is 0.00000304. The molecule has 1 fully saturated rings. The Hall–Kier alpha value is -3.91. The summed E-state index contributed by atoms with van der Waals surface area (Å²) in [5, 5.41) is 3.82. The molecule has 35 heavy (non-hydrogen) atoms. The van der Waals surface area contributed by atoms with Crippen LogP contribution in [-0.2, 0) is 10.0 Å². The highest BCUT2D eigenvalue weighted by atomic mass is 32.2. The number of sulfonamides is 1. The lowest BCUT2D eigenvalue weighted by Crippen LogP contribution is -2.31. The number of hydrogen-bond acceptors (Lipinski definition) is 5. The van der Waals surface area contributed by atoms with E-state index < -0.39 is 10.0 Å². The van der Waals surface area contributed by atoms with Crippen LogP contribution in [0.15, 0.2) is 90.0 Å². The van der Waals surface area contributed by atoms with Gasteiger partial charge in [-0.25, -0.2) is 8.42 Å². The van der Waals surface area contributed by atoms with Crippen LogP contribution in [0.3, 0.4) is 0 Å². The molecule has 1 aliphatic carbocycles. The molecule has 1 heterocycles. The van der Waals surface area contributed by atoms with Crippen molar-refractivity contribution in [3.05, 3.63) is 96.2 Å². The summed E-state index contributed by atoms with van der Waals surface area (Å²) in [4.78, 5) is 17.8. The van der Waals surface area contributed by atoms with Crippen LogP contribution in [0.5, 0.6) is 5.75 Å². The monoisotopic (exact) mass is 489 g/mol. The first kappa shape index (κ1) is 22.9. The van der Waals surface area contributed by atoms with Crippen molar-refractivity contribution in [2.75, 3.05) is 11.8 Å². The Bertz CT molecular complexity index is 1490. The standard InChI is InChI=1S/C27H25N3O4S.H2/c1-34-21-14-15-23(30-35(32,33)24-11-5-9-19-10-6-16-28-26(19)24)22(17-21)27(31)29-25(20-12-13-20)18-7-3-2-4-8-18;/h2-11,14-17,20,25,30H,12-13H2,1H3,(H,29,31);1H. The Labute approximate surface area is 205 Å². The zero-order valence-corrected chi connectivity index (χ0v) is 20.0. The number of nitrogens with zero attached hydrogens (tertiary/aromatic N) is 1. The van der Waals surface area contributed by atoms with Gasteiger partial charge >= 0.3 is 0 Å². The van der Waals surface area contributed by atoms with Gasteiger partial charge in [0, 0.05) is 13.0 Å². The molecule has 3 aromatic carbocycles. The summed E-state index contributed by atoms with van der Waals surface area (Å²) in [6, 6.07) is 22.9. The summed E-state index contributed by atoms with van der Waals surface area (Å²) in [5.41, 5.74) is 1.73. The Morgan fingerprint density at radius 2 is 1.80 bits per heavy atom. The lowest BCUT2D eigenvalue weighted by molar-refractivity contribution is 0.0932. The summed E-state index contributed by atoms with van der Waals surface area (Å²) in [5.74, 6) is 0.430. The molecule has 0 radical (unpaired) electrons. The van der Waals surface area contributed by atoms with Crippen LogP contribution in [0.4, 0.5) is 5.69 Å². The number of rotatable bonds is 8. The minimum atomic E-state index is -4.03. The molecule has 1 aromatic heterocycles. The zero-order valence-electron chi connectivity index (χ0n) is 19.1. The van der Waals surface area contributed by atoms with Crippen molar-refractivity contribution in [3.63, 3.8) is 0 Å². The fourth-order valence-electron chi connectivity index (χ4n) is 4.20. The largest absolute Gasteiger partial charge is 0.497 e. The fraction of sp³-hybridized carbons (Fsp3) is 0.185. The van der Waals surface area contributed by atoms with E-state index in [0.717, 1.165) is 18.4 Å². The maximum Gasteiger partial charge on any atom is 0.264 e. The summed E-state index contributed by atoms with van der Waals surface area (Å²) in [6.07, 6.45) is 3.62. The normalized spacial score (nSPS) is 14.3. The molecule has 4 aromatic rings. The van der Waals surface area contributed by atoms with Gasteiger partial charge in [0.15, 0.2) is 0 Å². The van der Waals surface area contributed by atoms with E-state index in [1.807, 2.05) is 30.3 Å². The Morgan fingerprint density at radius 1 is 1.03 bits per heavy atom. The summed E-state index contributed by atoms with van der Waals surface area (Å²) in [7, 11) is -2.53. The van der Waals surface area contributed by atoms with E-state index in [1.165, 1.54) is 13.2 Å². The van der Waals surface area contributed by atoms with Gasteiger partial charge in [0.1, 0.15) is 10.6 Å². The van der Waals surface area contributed by atoms with Crippen molar-refractivity contribution in [3.8, 4) is 5.75 Å². The number of benzene rings is 3. The molecule has 0 saturated heterocycles. The number of carbonyl (C=O) groups is 1. The molecule has 1 atom stereocenters. The number of hydrogen-bond donors (Lipinski definition) is 2. The maximum absolute atomic E-state index is 13.5. The van der Waals surface area contributed by atoms with Crippen LogP contribution < -0.4 is 14.8 Å². The molecule has 0 spiro atoms. The van der Waals surface area contributed by atoms with Crippen LogP contribution in [0.2, 0.25) is 0 Å². The van der Waals surface area contributed by atoms with Gasteiger partial charge in [-0.1, -0.05) is 48.5 Å². The van der Waals surface area contributed by atoms with E-state index in [0.29, 0.717) is 22.6 Å². The number of carbonyl (C=O) groups excluding carboxylic acids is 1. The number of fused-ring (bicyclic) bond motifs is 1. The van der Waals surface area contributed by atoms with E-state index in [1.54, 1.807) is 48.7 Å². The van der Waals surface area contributed by atoms with Crippen LogP contribution in [0, 0.1) is 5.92 Å². The van der Waals surface area contributed by atoms with Crippen molar-refractivity contribution < 1.29 is 19.4 Å². The van der Waals surface area contributed by atoms with Crippen molar-refractivity contribution in [1.82, 2.24) is 10.3 Å². The molecule has 2 N–H and O–H groups in total. The van der Waals surface area contributed by atoms with Crippen molar-refractivity contribution in [2.45, 2.75) is 23.8 Å². The molecule has 8 heteroatoms. The zero-order chi connectivity index (χ0) is 24.4. The molecule has 1 saturated carbocycles. The van der Waals surface area contributed by atoms with Crippen molar-refractivity contribution >= 4 is 32.5 Å². The minimum absolute atomic E-state index is 0. The lowest BCUT2D eigenvalue weighted by atomic mass is 10.0. The SMILES string of the molecule is COc1ccc(NS(=O)(=O)c2cccc3cccnc23)c(C(=O)NC(c2ccccc2)C2CC2)c1.[HH]. The Kier molecular flexibility index (Phi) is 6.13. The number of amides is 1. The van der Waals surface area contributed by atoms with Crippen LogP contribution in [0.25, 0.3) is 10.9 Å². The third-order valence-electron chi connectivity index (χ3n) is 6.14. The Morgan fingerprint density at radius 3 is 2.54 bits per heavy atom. The van der Waals surface area contributed by atoms with Crippen LogP contribution >= 0.6 is 0 Å². The highest BCUT2D eigenvalue weighted by Gasteiger charge is 2.34. The van der Waals surface area contributed by atoms with Crippen LogP contribution in [0.1, 0.15) is 36.2 Å². The third-order valence-corrected chi connectivity index (χ3v) is 7.54. The molecular weight excluding hydrogens is 462 g/mol. The fourth-order valence-corrected chi connectivity index (χ4v) is 5.46. The van der Waals surface area contributed by atoms with E-state index in [9.17, 15) is 13.2 Å². The molecule has 0 bridgehead atoms. The number of para-hydroxylation sites is 1. The van der Waals surface area contributed by atoms with Crippen molar-refractivity contribution in [1.29, 1.82) is 0 Å². The number of anilines is 1. The van der Waals surface area contributed by atoms with Gasteiger partial charge in [-0.2, -0.15) is 0 Å². The second kappa shape index (κ2) is 9.38. The number of ether oxygens (including phenoxy) is 1. The number of methoxy groups -OCH3 is 1. The predicted molar refractivity (Wildman–Crippen MR) is 137 cm³/mol. The van der Waals surface area contributed by atoms with Gasteiger partial charge in [0.25, 0.3) is 15.9 Å². The van der Waals surface area contributed by atoms with E-state index >= 15 is 0 Å². The van der Waals surface area contributed by atoms with E-state index in [-0.39, 0.29) is 29.5 Å². The lowest BCUT2D eigenvalue weighted by Gasteiger charge is -2.20. The molecule has 1 unspecified atom stereocenters. The molecule has 0 aliphatic heterocycles.